The van der Waals surface area contributed by atoms with Crippen LogP contribution in [0.5, 0.6) is 0 Å². The largest absolute Gasteiger partial charge is 0.501 e. The molecular formula is C14H28N2O. The molecule has 0 radical (unpaired) electrons. The van der Waals surface area contributed by atoms with Gasteiger partial charge in [-0.15, -0.1) is 0 Å². The smallest absolute Gasteiger partial charge is 0.0870 e. The molecule has 1 rings (SSSR count). The van der Waals surface area contributed by atoms with Crippen LogP contribution in [-0.2, 0) is 4.74 Å². The van der Waals surface area contributed by atoms with E-state index in [-0.39, 0.29) is 0 Å². The van der Waals surface area contributed by atoms with Gasteiger partial charge in [-0.05, 0) is 31.9 Å². The maximum absolute atomic E-state index is 5.45. The topological polar surface area (TPSA) is 15.7 Å². The summed E-state index contributed by atoms with van der Waals surface area (Å²) in [7, 11) is 0. The molecule has 0 bridgehead atoms. The van der Waals surface area contributed by atoms with E-state index in [2.05, 4.69) is 30.6 Å². The Morgan fingerprint density at radius 2 is 1.71 bits per heavy atom. The van der Waals surface area contributed by atoms with Gasteiger partial charge in [-0.1, -0.05) is 13.8 Å². The van der Waals surface area contributed by atoms with Gasteiger partial charge in [-0.3, -0.25) is 4.90 Å². The zero-order chi connectivity index (χ0) is 12.5. The average molecular weight is 240 g/mol. The lowest BCUT2D eigenvalue weighted by Crippen LogP contribution is -2.46. The average Bonchev–Trinajstić information content (AvgIpc) is 2.32. The molecule has 3 nitrogen and oxygen atoms in total. The molecule has 0 saturated carbocycles. The molecule has 0 aromatic carbocycles. The van der Waals surface area contributed by atoms with Crippen LogP contribution in [0.3, 0.4) is 0 Å². The van der Waals surface area contributed by atoms with E-state index < -0.39 is 0 Å². The second-order valence-electron chi connectivity index (χ2n) is 4.95. The van der Waals surface area contributed by atoms with E-state index in [0.29, 0.717) is 0 Å². The third-order valence-electron chi connectivity index (χ3n) is 3.08. The normalized spacial score (nSPS) is 19.6. The summed E-state index contributed by atoms with van der Waals surface area (Å²) in [5, 5.41) is 0. The van der Waals surface area contributed by atoms with Gasteiger partial charge in [0, 0.05) is 32.7 Å². The van der Waals surface area contributed by atoms with E-state index in [1.54, 1.807) is 0 Å². The van der Waals surface area contributed by atoms with Gasteiger partial charge in [-0.25, -0.2) is 0 Å². The Morgan fingerprint density at radius 3 is 2.29 bits per heavy atom. The molecule has 0 aromatic heterocycles. The highest BCUT2D eigenvalue weighted by Crippen LogP contribution is 2.05. The summed E-state index contributed by atoms with van der Waals surface area (Å²) in [5.41, 5.74) is 1.34. The van der Waals surface area contributed by atoms with Crippen molar-refractivity contribution in [3.63, 3.8) is 0 Å². The Kier molecular flexibility index (Phi) is 7.29. The van der Waals surface area contributed by atoms with E-state index in [0.717, 1.165) is 19.6 Å². The molecule has 0 amide bonds. The van der Waals surface area contributed by atoms with E-state index in [4.69, 9.17) is 4.74 Å². The fraction of sp³-hybridized carbons (Fsp3) is 0.857. The minimum absolute atomic E-state index is 0.835. The highest BCUT2D eigenvalue weighted by Gasteiger charge is 2.15. The van der Waals surface area contributed by atoms with Gasteiger partial charge >= 0.3 is 0 Å². The van der Waals surface area contributed by atoms with Crippen LogP contribution in [-0.4, -0.2) is 55.7 Å². The van der Waals surface area contributed by atoms with Gasteiger partial charge in [0.2, 0.25) is 0 Å². The van der Waals surface area contributed by atoms with E-state index in [9.17, 15) is 0 Å². The van der Waals surface area contributed by atoms with Crippen LogP contribution >= 0.6 is 0 Å². The molecule has 0 spiro atoms. The van der Waals surface area contributed by atoms with Crippen LogP contribution in [0.15, 0.2) is 11.8 Å². The monoisotopic (exact) mass is 240 g/mol. The highest BCUT2D eigenvalue weighted by molar-refractivity contribution is 4.97. The van der Waals surface area contributed by atoms with E-state index >= 15 is 0 Å². The summed E-state index contributed by atoms with van der Waals surface area (Å²) in [5.74, 6) is 0. The van der Waals surface area contributed by atoms with Crippen molar-refractivity contribution < 1.29 is 4.74 Å². The molecule has 0 N–H and O–H groups in total. The first-order valence-electron chi connectivity index (χ1n) is 6.98. The maximum atomic E-state index is 5.45. The van der Waals surface area contributed by atoms with Crippen LogP contribution in [0, 0.1) is 0 Å². The Hall–Kier alpha value is -0.540. The minimum atomic E-state index is 0.835. The minimum Gasteiger partial charge on any atom is -0.501 e. The number of hydrogen-bond acceptors (Lipinski definition) is 3. The summed E-state index contributed by atoms with van der Waals surface area (Å²) < 4.78 is 5.45. The van der Waals surface area contributed by atoms with Gasteiger partial charge in [0.25, 0.3) is 0 Å². The SMILES string of the molecule is CCCO/C=C(\C)CN1CCN(CCC)CC1. The van der Waals surface area contributed by atoms with Crippen molar-refractivity contribution in [1.29, 1.82) is 0 Å². The molecule has 0 atom stereocenters. The van der Waals surface area contributed by atoms with Gasteiger partial charge in [0.1, 0.15) is 0 Å². The zero-order valence-corrected chi connectivity index (χ0v) is 11.7. The van der Waals surface area contributed by atoms with Gasteiger partial charge < -0.3 is 9.64 Å². The standard InChI is InChI=1S/C14H28N2O/c1-4-6-15-7-9-16(10-8-15)12-14(3)13-17-11-5-2/h13H,4-12H2,1-3H3/b14-13+. The molecule has 100 valence electrons. The van der Waals surface area contributed by atoms with Crippen molar-refractivity contribution in [1.82, 2.24) is 9.80 Å². The van der Waals surface area contributed by atoms with Crippen molar-refractivity contribution in [2.45, 2.75) is 33.6 Å². The molecule has 0 aromatic rings. The molecule has 0 unspecified atom stereocenters. The fourth-order valence-electron chi connectivity index (χ4n) is 2.20. The lowest BCUT2D eigenvalue weighted by atomic mass is 10.2. The molecule has 1 aliphatic rings. The first-order valence-corrected chi connectivity index (χ1v) is 6.98. The van der Waals surface area contributed by atoms with E-state index in [1.165, 1.54) is 44.7 Å². The Balaban J connectivity index is 2.18. The molecule has 1 aliphatic heterocycles. The van der Waals surface area contributed by atoms with Gasteiger partial charge in [0.05, 0.1) is 12.9 Å². The van der Waals surface area contributed by atoms with E-state index in [1.807, 2.05) is 6.26 Å². The molecular weight excluding hydrogens is 212 g/mol. The maximum Gasteiger partial charge on any atom is 0.0870 e. The molecule has 1 heterocycles. The van der Waals surface area contributed by atoms with Crippen molar-refractivity contribution in [2.75, 3.05) is 45.9 Å². The molecule has 1 fully saturated rings. The zero-order valence-electron chi connectivity index (χ0n) is 11.7. The van der Waals surface area contributed by atoms with Crippen LogP contribution in [0.1, 0.15) is 33.6 Å². The van der Waals surface area contributed by atoms with Crippen molar-refractivity contribution >= 4 is 0 Å². The summed E-state index contributed by atoms with van der Waals surface area (Å²) in [6.45, 7) is 14.5. The summed E-state index contributed by atoms with van der Waals surface area (Å²) in [6, 6.07) is 0. The number of ether oxygens (including phenoxy) is 1. The van der Waals surface area contributed by atoms with Crippen molar-refractivity contribution in [3.05, 3.63) is 11.8 Å². The Labute approximate surface area is 106 Å². The van der Waals surface area contributed by atoms with Crippen LogP contribution in [0.25, 0.3) is 0 Å². The number of rotatable bonds is 7. The molecule has 0 aliphatic carbocycles. The van der Waals surface area contributed by atoms with Gasteiger partial charge in [0.15, 0.2) is 0 Å². The van der Waals surface area contributed by atoms with Crippen LogP contribution in [0.2, 0.25) is 0 Å². The first-order chi connectivity index (χ1) is 8.26. The predicted molar refractivity (Wildman–Crippen MR) is 73.2 cm³/mol. The molecule has 3 heteroatoms. The summed E-state index contributed by atoms with van der Waals surface area (Å²) in [4.78, 5) is 5.08. The third kappa shape index (κ3) is 6.08. The second kappa shape index (κ2) is 8.54. The summed E-state index contributed by atoms with van der Waals surface area (Å²) in [6.07, 6.45) is 4.28. The third-order valence-corrected chi connectivity index (χ3v) is 3.08. The first kappa shape index (κ1) is 14.5. The van der Waals surface area contributed by atoms with Crippen molar-refractivity contribution in [3.8, 4) is 0 Å². The quantitative estimate of drug-likeness (QED) is 0.502. The fourth-order valence-corrected chi connectivity index (χ4v) is 2.20. The molecule has 1 saturated heterocycles. The number of nitrogens with zero attached hydrogens (tertiary/aromatic N) is 2. The number of piperazine rings is 1. The second-order valence-corrected chi connectivity index (χ2v) is 4.95. The lowest BCUT2D eigenvalue weighted by Gasteiger charge is -2.34. The predicted octanol–water partition coefficient (Wildman–Crippen LogP) is 2.34. The van der Waals surface area contributed by atoms with Gasteiger partial charge in [-0.2, -0.15) is 0 Å². The van der Waals surface area contributed by atoms with Crippen LogP contribution < -0.4 is 0 Å². The lowest BCUT2D eigenvalue weighted by molar-refractivity contribution is 0.139. The van der Waals surface area contributed by atoms with Crippen LogP contribution in [0.4, 0.5) is 0 Å². The van der Waals surface area contributed by atoms with Crippen molar-refractivity contribution in [2.24, 2.45) is 0 Å². The highest BCUT2D eigenvalue weighted by atomic mass is 16.5. The Morgan fingerprint density at radius 1 is 1.06 bits per heavy atom. The number of hydrogen-bond donors (Lipinski definition) is 0. The Bertz CT molecular complexity index is 220. The molecule has 17 heavy (non-hydrogen) atoms. The summed E-state index contributed by atoms with van der Waals surface area (Å²) >= 11 is 0.